The van der Waals surface area contributed by atoms with E-state index in [-0.39, 0.29) is 24.7 Å². The highest BCUT2D eigenvalue weighted by Gasteiger charge is 2.05. The first-order valence-electron chi connectivity index (χ1n) is 6.48. The van der Waals surface area contributed by atoms with Crippen molar-refractivity contribution < 1.29 is 14.3 Å². The lowest BCUT2D eigenvalue weighted by Gasteiger charge is -2.07. The maximum atomic E-state index is 11.4. The zero-order valence-corrected chi connectivity index (χ0v) is 11.4. The van der Waals surface area contributed by atoms with Crippen LogP contribution in [0.4, 0.5) is 0 Å². The third kappa shape index (κ3) is 3.75. The lowest BCUT2D eigenvalue weighted by molar-refractivity contribution is 0.0993. The van der Waals surface area contributed by atoms with Crippen molar-refractivity contribution in [1.29, 1.82) is 0 Å². The number of Topliss-reactive ketones (excluding diaryl/α,β-unsaturated/α-hetero) is 2. The number of ketones is 2. The topological polar surface area (TPSA) is 95.4 Å². The lowest BCUT2D eigenvalue weighted by Crippen LogP contribution is -2.13. The standard InChI is InChI=1S/C16H16N2O3/c17-9-15(19)11-1-5-13(6-2-11)21-14-7-3-12(4-8-14)16(20)10-18/h1-8H,9-10,17-18H2. The van der Waals surface area contributed by atoms with E-state index in [9.17, 15) is 9.59 Å². The Bertz CT molecular complexity index is 576. The zero-order chi connectivity index (χ0) is 15.2. The van der Waals surface area contributed by atoms with Gasteiger partial charge in [-0.05, 0) is 48.5 Å². The second-order valence-electron chi connectivity index (χ2n) is 4.41. The fourth-order valence-corrected chi connectivity index (χ4v) is 1.79. The molecule has 5 nitrogen and oxygen atoms in total. The molecule has 0 saturated carbocycles. The number of carbonyl (C=O) groups excluding carboxylic acids is 2. The van der Waals surface area contributed by atoms with Gasteiger partial charge in [-0.25, -0.2) is 0 Å². The zero-order valence-electron chi connectivity index (χ0n) is 11.4. The van der Waals surface area contributed by atoms with Crippen LogP contribution in [-0.4, -0.2) is 24.7 Å². The molecule has 0 heterocycles. The van der Waals surface area contributed by atoms with E-state index in [0.717, 1.165) is 0 Å². The highest BCUT2D eigenvalue weighted by atomic mass is 16.5. The van der Waals surface area contributed by atoms with Crippen LogP contribution < -0.4 is 16.2 Å². The molecule has 21 heavy (non-hydrogen) atoms. The molecular formula is C16H16N2O3. The number of hydrogen-bond acceptors (Lipinski definition) is 5. The molecule has 0 radical (unpaired) electrons. The number of rotatable bonds is 6. The maximum absolute atomic E-state index is 11.4. The summed E-state index contributed by atoms with van der Waals surface area (Å²) in [5.41, 5.74) is 11.7. The first-order valence-corrected chi connectivity index (χ1v) is 6.48. The molecule has 2 aromatic rings. The minimum Gasteiger partial charge on any atom is -0.457 e. The number of hydrogen-bond donors (Lipinski definition) is 2. The number of benzene rings is 2. The largest absolute Gasteiger partial charge is 0.457 e. The smallest absolute Gasteiger partial charge is 0.176 e. The summed E-state index contributed by atoms with van der Waals surface area (Å²) in [4.78, 5) is 22.8. The predicted octanol–water partition coefficient (Wildman–Crippen LogP) is 1.76. The van der Waals surface area contributed by atoms with Crippen molar-refractivity contribution in [2.75, 3.05) is 13.1 Å². The van der Waals surface area contributed by atoms with Gasteiger partial charge in [-0.3, -0.25) is 9.59 Å². The Morgan fingerprint density at radius 2 is 1.05 bits per heavy atom. The van der Waals surface area contributed by atoms with Crippen LogP contribution >= 0.6 is 0 Å². The molecule has 0 atom stereocenters. The van der Waals surface area contributed by atoms with E-state index < -0.39 is 0 Å². The Morgan fingerprint density at radius 1 is 0.714 bits per heavy atom. The molecule has 0 amide bonds. The van der Waals surface area contributed by atoms with Crippen molar-refractivity contribution in [1.82, 2.24) is 0 Å². The molecule has 0 bridgehead atoms. The van der Waals surface area contributed by atoms with Gasteiger partial charge in [-0.2, -0.15) is 0 Å². The molecular weight excluding hydrogens is 268 g/mol. The van der Waals surface area contributed by atoms with Gasteiger partial charge in [-0.15, -0.1) is 0 Å². The van der Waals surface area contributed by atoms with Crippen molar-refractivity contribution in [3.05, 3.63) is 59.7 Å². The fourth-order valence-electron chi connectivity index (χ4n) is 1.79. The Labute approximate surface area is 122 Å². The third-order valence-electron chi connectivity index (χ3n) is 2.96. The summed E-state index contributed by atoms with van der Waals surface area (Å²) in [5, 5.41) is 0. The molecule has 2 rings (SSSR count). The fraction of sp³-hybridized carbons (Fsp3) is 0.125. The van der Waals surface area contributed by atoms with Crippen LogP contribution in [-0.2, 0) is 0 Å². The van der Waals surface area contributed by atoms with Gasteiger partial charge in [0.15, 0.2) is 11.6 Å². The molecule has 0 aromatic heterocycles. The molecule has 0 spiro atoms. The molecule has 108 valence electrons. The molecule has 4 N–H and O–H groups in total. The van der Waals surface area contributed by atoms with Crippen LogP contribution in [0.15, 0.2) is 48.5 Å². The van der Waals surface area contributed by atoms with Crippen molar-refractivity contribution >= 4 is 11.6 Å². The van der Waals surface area contributed by atoms with Crippen LogP contribution in [0, 0.1) is 0 Å². The Hall–Kier alpha value is -2.50. The van der Waals surface area contributed by atoms with E-state index in [1.54, 1.807) is 48.5 Å². The Kier molecular flexibility index (Phi) is 4.81. The van der Waals surface area contributed by atoms with Crippen molar-refractivity contribution in [3.8, 4) is 11.5 Å². The summed E-state index contributed by atoms with van der Waals surface area (Å²) in [7, 11) is 0. The number of carbonyl (C=O) groups is 2. The minimum absolute atomic E-state index is 0.0170. The average molecular weight is 284 g/mol. The SMILES string of the molecule is NCC(=O)c1ccc(Oc2ccc(C(=O)CN)cc2)cc1. The van der Waals surface area contributed by atoms with Gasteiger partial charge in [0.25, 0.3) is 0 Å². The van der Waals surface area contributed by atoms with E-state index >= 15 is 0 Å². The van der Waals surface area contributed by atoms with Crippen LogP contribution in [0.2, 0.25) is 0 Å². The summed E-state index contributed by atoms with van der Waals surface area (Å²) in [6.07, 6.45) is 0. The van der Waals surface area contributed by atoms with Gasteiger partial charge < -0.3 is 16.2 Å². The van der Waals surface area contributed by atoms with Crippen LogP contribution in [0.3, 0.4) is 0 Å². The second-order valence-corrected chi connectivity index (χ2v) is 4.41. The van der Waals surface area contributed by atoms with E-state index in [4.69, 9.17) is 16.2 Å². The van der Waals surface area contributed by atoms with Gasteiger partial charge in [0.05, 0.1) is 13.1 Å². The summed E-state index contributed by atoms with van der Waals surface area (Å²) in [5.74, 6) is 0.959. The van der Waals surface area contributed by atoms with Gasteiger partial charge in [-0.1, -0.05) is 0 Å². The third-order valence-corrected chi connectivity index (χ3v) is 2.96. The molecule has 0 aliphatic heterocycles. The lowest BCUT2D eigenvalue weighted by atomic mass is 10.1. The highest BCUT2D eigenvalue weighted by molar-refractivity contribution is 5.98. The van der Waals surface area contributed by atoms with Crippen LogP contribution in [0.1, 0.15) is 20.7 Å². The number of nitrogens with two attached hydrogens (primary N) is 2. The van der Waals surface area contributed by atoms with Gasteiger partial charge in [0.1, 0.15) is 11.5 Å². The van der Waals surface area contributed by atoms with E-state index in [1.807, 2.05) is 0 Å². The Balaban J connectivity index is 2.08. The molecule has 5 heteroatoms. The molecule has 0 fully saturated rings. The first kappa shape index (κ1) is 14.9. The maximum Gasteiger partial charge on any atom is 0.176 e. The molecule has 0 aliphatic carbocycles. The van der Waals surface area contributed by atoms with Crippen molar-refractivity contribution in [2.45, 2.75) is 0 Å². The monoisotopic (exact) mass is 284 g/mol. The normalized spacial score (nSPS) is 10.2. The minimum atomic E-state index is -0.119. The first-order chi connectivity index (χ1) is 10.1. The summed E-state index contributed by atoms with van der Waals surface area (Å²) < 4.78 is 5.63. The van der Waals surface area contributed by atoms with Crippen LogP contribution in [0.25, 0.3) is 0 Å². The van der Waals surface area contributed by atoms with Gasteiger partial charge in [0, 0.05) is 11.1 Å². The second kappa shape index (κ2) is 6.78. The number of ether oxygens (including phenoxy) is 1. The van der Waals surface area contributed by atoms with Crippen LogP contribution in [0.5, 0.6) is 11.5 Å². The van der Waals surface area contributed by atoms with E-state index in [1.165, 1.54) is 0 Å². The van der Waals surface area contributed by atoms with E-state index in [2.05, 4.69) is 0 Å². The summed E-state index contributed by atoms with van der Waals surface area (Å²) >= 11 is 0. The summed E-state index contributed by atoms with van der Waals surface area (Å²) in [6, 6.07) is 13.4. The molecule has 0 saturated heterocycles. The van der Waals surface area contributed by atoms with Gasteiger partial charge in [0.2, 0.25) is 0 Å². The van der Waals surface area contributed by atoms with Crippen molar-refractivity contribution in [3.63, 3.8) is 0 Å². The highest BCUT2D eigenvalue weighted by Crippen LogP contribution is 2.22. The van der Waals surface area contributed by atoms with E-state index in [0.29, 0.717) is 22.6 Å². The van der Waals surface area contributed by atoms with Crippen molar-refractivity contribution in [2.24, 2.45) is 11.5 Å². The van der Waals surface area contributed by atoms with Gasteiger partial charge >= 0.3 is 0 Å². The summed E-state index contributed by atoms with van der Waals surface area (Å²) in [6.45, 7) is -0.0341. The average Bonchev–Trinajstić information content (AvgIpc) is 2.55. The molecule has 0 unspecified atom stereocenters. The quantitative estimate of drug-likeness (QED) is 0.788. The predicted molar refractivity (Wildman–Crippen MR) is 79.7 cm³/mol. The molecule has 2 aromatic carbocycles. The Morgan fingerprint density at radius 3 is 1.33 bits per heavy atom. The molecule has 0 aliphatic rings.